The Labute approximate surface area is 215 Å². The zero-order chi connectivity index (χ0) is 25.8. The molecular weight excluding hydrogens is 468 g/mol. The largest absolute Gasteiger partial charge is 0.497 e. The predicted octanol–water partition coefficient (Wildman–Crippen LogP) is 3.93. The molecule has 37 heavy (non-hydrogen) atoms. The van der Waals surface area contributed by atoms with Crippen LogP contribution in [0.15, 0.2) is 90.0 Å². The minimum atomic E-state index is -0.653. The van der Waals surface area contributed by atoms with Crippen molar-refractivity contribution in [3.63, 3.8) is 0 Å². The van der Waals surface area contributed by atoms with Crippen LogP contribution in [0.3, 0.4) is 0 Å². The van der Waals surface area contributed by atoms with Crippen LogP contribution < -0.4 is 10.1 Å². The Morgan fingerprint density at radius 2 is 1.65 bits per heavy atom. The van der Waals surface area contributed by atoms with Crippen molar-refractivity contribution in [1.82, 2.24) is 15.2 Å². The second kappa shape index (κ2) is 10.7. The molecule has 0 aliphatic carbocycles. The smallest absolute Gasteiger partial charge is 0.325 e. The fourth-order valence-electron chi connectivity index (χ4n) is 4.72. The Hall–Kier alpha value is -4.46. The van der Waals surface area contributed by atoms with Crippen LogP contribution in [0.2, 0.25) is 0 Å². The molecule has 8 heteroatoms. The van der Waals surface area contributed by atoms with Gasteiger partial charge >= 0.3 is 6.03 Å². The molecule has 0 bridgehead atoms. The Morgan fingerprint density at radius 1 is 0.973 bits per heavy atom. The summed E-state index contributed by atoms with van der Waals surface area (Å²) in [6, 6.07) is 25.4. The summed E-state index contributed by atoms with van der Waals surface area (Å²) in [7, 11) is 1.60. The molecule has 188 valence electrons. The van der Waals surface area contributed by atoms with Crippen LogP contribution in [0.25, 0.3) is 0 Å². The third-order valence-electron chi connectivity index (χ3n) is 6.74. The Morgan fingerprint density at radius 3 is 2.32 bits per heavy atom. The predicted molar refractivity (Wildman–Crippen MR) is 139 cm³/mol. The number of rotatable bonds is 8. The molecular formula is C29H28N4O4. The minimum absolute atomic E-state index is 0.358. The molecule has 0 radical (unpaired) electrons. The van der Waals surface area contributed by atoms with Crippen molar-refractivity contribution >= 4 is 23.6 Å². The van der Waals surface area contributed by atoms with Gasteiger partial charge in [0.1, 0.15) is 18.3 Å². The van der Waals surface area contributed by atoms with E-state index in [0.717, 1.165) is 27.3 Å². The van der Waals surface area contributed by atoms with Gasteiger partial charge in [0.15, 0.2) is 0 Å². The number of hydrogen-bond donors (Lipinski definition) is 1. The average molecular weight is 497 g/mol. The minimum Gasteiger partial charge on any atom is -0.497 e. The van der Waals surface area contributed by atoms with Gasteiger partial charge in [-0.15, -0.1) is 0 Å². The number of hydrazone groups is 1. The highest BCUT2D eigenvalue weighted by molar-refractivity contribution is 6.07. The van der Waals surface area contributed by atoms with Crippen LogP contribution in [0.4, 0.5) is 4.79 Å². The third kappa shape index (κ3) is 5.23. The molecule has 2 aliphatic rings. The van der Waals surface area contributed by atoms with Crippen LogP contribution in [-0.4, -0.2) is 53.2 Å². The van der Waals surface area contributed by atoms with Gasteiger partial charge in [-0.1, -0.05) is 72.8 Å². The number of nitrogens with zero attached hydrogens (tertiary/aromatic N) is 3. The molecule has 3 aromatic rings. The van der Waals surface area contributed by atoms with E-state index in [1.165, 1.54) is 5.01 Å². The maximum Gasteiger partial charge on any atom is 0.325 e. The molecule has 1 saturated heterocycles. The summed E-state index contributed by atoms with van der Waals surface area (Å²) in [4.78, 5) is 40.1. The van der Waals surface area contributed by atoms with Crippen molar-refractivity contribution < 1.29 is 19.1 Å². The second-order valence-corrected chi connectivity index (χ2v) is 9.09. The molecule has 1 N–H and O–H groups in total. The van der Waals surface area contributed by atoms with Crippen molar-refractivity contribution in [3.8, 4) is 5.75 Å². The lowest BCUT2D eigenvalue weighted by atomic mass is 9.98. The van der Waals surface area contributed by atoms with Gasteiger partial charge in [-0.3, -0.25) is 14.5 Å². The molecule has 2 aliphatic heterocycles. The lowest BCUT2D eigenvalue weighted by Crippen LogP contribution is -2.41. The number of hydrogen-bond acceptors (Lipinski definition) is 5. The van der Waals surface area contributed by atoms with E-state index in [1.807, 2.05) is 84.9 Å². The lowest BCUT2D eigenvalue weighted by molar-refractivity contribution is -0.138. The van der Waals surface area contributed by atoms with E-state index in [9.17, 15) is 14.4 Å². The van der Waals surface area contributed by atoms with Crippen molar-refractivity contribution in [3.05, 3.63) is 102 Å². The van der Waals surface area contributed by atoms with Crippen molar-refractivity contribution in [1.29, 1.82) is 0 Å². The highest BCUT2D eigenvalue weighted by Gasteiger charge is 2.41. The van der Waals surface area contributed by atoms with Crippen molar-refractivity contribution in [2.24, 2.45) is 5.10 Å². The van der Waals surface area contributed by atoms with E-state index in [0.29, 0.717) is 25.0 Å². The first-order valence-corrected chi connectivity index (χ1v) is 12.3. The molecule has 3 aromatic carbocycles. The van der Waals surface area contributed by atoms with Gasteiger partial charge in [-0.05, 0) is 41.7 Å². The molecule has 2 heterocycles. The van der Waals surface area contributed by atoms with E-state index < -0.39 is 18.0 Å². The van der Waals surface area contributed by atoms with Crippen LogP contribution in [-0.2, 0) is 16.0 Å². The SMILES string of the molecule is COc1ccc([C@@H]2CC(c3ccccc3)=NN2C(=O)CN2C(=O)N[C@H](CCc3ccccc3)C2=O)cc1. The highest BCUT2D eigenvalue weighted by atomic mass is 16.5. The molecule has 4 amide bonds. The van der Waals surface area contributed by atoms with E-state index in [-0.39, 0.29) is 18.5 Å². The summed E-state index contributed by atoms with van der Waals surface area (Å²) in [6.45, 7) is -0.370. The molecule has 1 fully saturated rings. The second-order valence-electron chi connectivity index (χ2n) is 9.09. The van der Waals surface area contributed by atoms with E-state index in [1.54, 1.807) is 7.11 Å². The molecule has 5 rings (SSSR count). The monoisotopic (exact) mass is 496 g/mol. The van der Waals surface area contributed by atoms with Gasteiger partial charge in [0.05, 0.1) is 18.9 Å². The first-order valence-electron chi connectivity index (χ1n) is 12.3. The zero-order valence-corrected chi connectivity index (χ0v) is 20.5. The number of carbonyl (C=O) groups excluding carboxylic acids is 3. The number of methoxy groups -OCH3 is 1. The van der Waals surface area contributed by atoms with Gasteiger partial charge in [0, 0.05) is 6.42 Å². The van der Waals surface area contributed by atoms with Crippen LogP contribution in [0, 0.1) is 0 Å². The summed E-state index contributed by atoms with van der Waals surface area (Å²) in [5.41, 5.74) is 3.67. The number of urea groups is 1. The maximum absolute atomic E-state index is 13.5. The number of nitrogens with one attached hydrogen (secondary N) is 1. The van der Waals surface area contributed by atoms with E-state index in [2.05, 4.69) is 10.4 Å². The number of aryl methyl sites for hydroxylation is 1. The van der Waals surface area contributed by atoms with E-state index >= 15 is 0 Å². The fourth-order valence-corrected chi connectivity index (χ4v) is 4.72. The molecule has 0 spiro atoms. The number of benzene rings is 3. The van der Waals surface area contributed by atoms with Gasteiger partial charge in [0.25, 0.3) is 11.8 Å². The fraction of sp³-hybridized carbons (Fsp3) is 0.241. The Kier molecular flexibility index (Phi) is 6.98. The van der Waals surface area contributed by atoms with Gasteiger partial charge < -0.3 is 10.1 Å². The molecule has 0 unspecified atom stereocenters. The summed E-state index contributed by atoms with van der Waals surface area (Å²) in [6.07, 6.45) is 1.63. The summed E-state index contributed by atoms with van der Waals surface area (Å²) in [5.74, 6) is -0.0922. The van der Waals surface area contributed by atoms with Gasteiger partial charge in [-0.25, -0.2) is 9.80 Å². The zero-order valence-electron chi connectivity index (χ0n) is 20.5. The summed E-state index contributed by atoms with van der Waals surface area (Å²) < 4.78 is 5.27. The lowest BCUT2D eigenvalue weighted by Gasteiger charge is -2.24. The molecule has 2 atom stereocenters. The number of carbonyl (C=O) groups is 3. The highest BCUT2D eigenvalue weighted by Crippen LogP contribution is 2.34. The number of ether oxygens (including phenoxy) is 1. The average Bonchev–Trinajstić information content (AvgIpc) is 3.50. The van der Waals surface area contributed by atoms with Crippen molar-refractivity contribution in [2.75, 3.05) is 13.7 Å². The topological polar surface area (TPSA) is 91.3 Å². The first-order chi connectivity index (χ1) is 18.0. The molecule has 0 saturated carbocycles. The summed E-state index contributed by atoms with van der Waals surface area (Å²) >= 11 is 0. The molecule has 8 nitrogen and oxygen atoms in total. The maximum atomic E-state index is 13.5. The Bertz CT molecular complexity index is 1310. The van der Waals surface area contributed by atoms with Gasteiger partial charge in [0.2, 0.25) is 0 Å². The van der Waals surface area contributed by atoms with Crippen LogP contribution >= 0.6 is 0 Å². The first kappa shape index (κ1) is 24.2. The van der Waals surface area contributed by atoms with Crippen molar-refractivity contribution in [2.45, 2.75) is 31.3 Å². The van der Waals surface area contributed by atoms with Gasteiger partial charge in [-0.2, -0.15) is 5.10 Å². The molecule has 0 aromatic heterocycles. The third-order valence-corrected chi connectivity index (χ3v) is 6.74. The number of imide groups is 1. The van der Waals surface area contributed by atoms with Crippen LogP contribution in [0.1, 0.15) is 35.6 Å². The normalized spacial score (nSPS) is 19.1. The Balaban J connectivity index is 1.32. The summed E-state index contributed by atoms with van der Waals surface area (Å²) in [5, 5.41) is 8.78. The number of amides is 4. The van der Waals surface area contributed by atoms with Crippen LogP contribution in [0.5, 0.6) is 5.75 Å². The quantitative estimate of drug-likeness (QED) is 0.479. The van der Waals surface area contributed by atoms with E-state index in [4.69, 9.17) is 4.74 Å². The standard InChI is InChI=1S/C29H28N4O4/c1-37-23-15-13-22(14-16-23)26-18-25(21-10-6-3-7-11-21)31-33(26)27(34)19-32-28(35)24(30-29(32)36)17-12-20-8-4-2-5-9-20/h2-11,13-16,24,26H,12,17-19H2,1H3,(H,30,36)/t24-,26+/m1/s1.